The number of nitrogens with zero attached hydrogens (tertiary/aromatic N) is 2. The van der Waals surface area contributed by atoms with E-state index in [2.05, 4.69) is 92.2 Å². The van der Waals surface area contributed by atoms with E-state index in [4.69, 9.17) is 4.98 Å². The second kappa shape index (κ2) is 11.6. The topological polar surface area (TPSA) is 46.9 Å². The molecule has 3 aromatic carbocycles. The quantitative estimate of drug-likeness (QED) is 0.254. The van der Waals surface area contributed by atoms with Crippen molar-refractivity contribution in [2.45, 2.75) is 71.8 Å². The SMILES string of the molecule is Cc1ccccc1CC(=O)NCCCCCc1nc2ccccc2n1Cc1ccc(C(C)(C)C)cc1. The van der Waals surface area contributed by atoms with Crippen LogP contribution in [0.1, 0.15) is 68.1 Å². The summed E-state index contributed by atoms with van der Waals surface area (Å²) in [5, 5.41) is 3.08. The first-order chi connectivity index (χ1) is 17.3. The zero-order chi connectivity index (χ0) is 25.5. The van der Waals surface area contributed by atoms with Gasteiger partial charge in [-0.05, 0) is 59.6 Å². The fourth-order valence-electron chi connectivity index (χ4n) is 4.64. The van der Waals surface area contributed by atoms with Gasteiger partial charge in [-0.15, -0.1) is 0 Å². The van der Waals surface area contributed by atoms with Crippen LogP contribution >= 0.6 is 0 Å². The van der Waals surface area contributed by atoms with E-state index in [1.165, 1.54) is 22.2 Å². The molecule has 1 amide bonds. The highest BCUT2D eigenvalue weighted by Gasteiger charge is 2.14. The molecule has 1 N–H and O–H groups in total. The van der Waals surface area contributed by atoms with E-state index < -0.39 is 0 Å². The molecule has 0 saturated heterocycles. The van der Waals surface area contributed by atoms with E-state index in [1.807, 2.05) is 18.2 Å². The van der Waals surface area contributed by atoms with Gasteiger partial charge in [0.05, 0.1) is 17.5 Å². The Balaban J connectivity index is 1.31. The summed E-state index contributed by atoms with van der Waals surface area (Å²) in [4.78, 5) is 17.2. The molecule has 0 radical (unpaired) electrons. The van der Waals surface area contributed by atoms with Crippen LogP contribution in [0, 0.1) is 6.92 Å². The number of unbranched alkanes of at least 4 members (excludes halogenated alkanes) is 2. The molecule has 36 heavy (non-hydrogen) atoms. The molecule has 188 valence electrons. The number of rotatable bonds is 10. The third kappa shape index (κ3) is 6.63. The first-order valence-electron chi connectivity index (χ1n) is 13.2. The molecule has 1 heterocycles. The first kappa shape index (κ1) is 25.7. The largest absolute Gasteiger partial charge is 0.356 e. The predicted octanol–water partition coefficient (Wildman–Crippen LogP) is 6.76. The summed E-state index contributed by atoms with van der Waals surface area (Å²) in [6, 6.07) is 25.5. The van der Waals surface area contributed by atoms with Crippen molar-refractivity contribution in [2.24, 2.45) is 0 Å². The van der Waals surface area contributed by atoms with Gasteiger partial charge in [0, 0.05) is 19.5 Å². The summed E-state index contributed by atoms with van der Waals surface area (Å²) in [6.45, 7) is 10.4. The fourth-order valence-corrected chi connectivity index (χ4v) is 4.64. The summed E-state index contributed by atoms with van der Waals surface area (Å²) >= 11 is 0. The Morgan fingerprint density at radius 1 is 0.889 bits per heavy atom. The van der Waals surface area contributed by atoms with Crippen LogP contribution in [0.25, 0.3) is 11.0 Å². The highest BCUT2D eigenvalue weighted by atomic mass is 16.1. The Kier molecular flexibility index (Phi) is 8.25. The molecule has 4 aromatic rings. The van der Waals surface area contributed by atoms with Crippen LogP contribution in [-0.2, 0) is 29.6 Å². The molecular weight excluding hydrogens is 442 g/mol. The number of carbonyl (C=O) groups is 1. The van der Waals surface area contributed by atoms with Crippen molar-refractivity contribution < 1.29 is 4.79 Å². The van der Waals surface area contributed by atoms with E-state index in [1.54, 1.807) is 0 Å². The smallest absolute Gasteiger partial charge is 0.224 e. The maximum atomic E-state index is 12.3. The number of hydrogen-bond acceptors (Lipinski definition) is 2. The average molecular weight is 482 g/mol. The molecule has 0 fully saturated rings. The van der Waals surface area contributed by atoms with E-state index in [0.29, 0.717) is 6.42 Å². The Labute approximate surface area is 215 Å². The summed E-state index contributed by atoms with van der Waals surface area (Å²) < 4.78 is 2.37. The lowest BCUT2D eigenvalue weighted by molar-refractivity contribution is -0.120. The highest BCUT2D eigenvalue weighted by Crippen LogP contribution is 2.24. The van der Waals surface area contributed by atoms with Gasteiger partial charge in [0.15, 0.2) is 0 Å². The normalized spacial score (nSPS) is 11.7. The van der Waals surface area contributed by atoms with Gasteiger partial charge in [-0.1, -0.05) is 87.9 Å². The third-order valence-corrected chi connectivity index (χ3v) is 6.91. The minimum atomic E-state index is 0.101. The van der Waals surface area contributed by atoms with Crippen LogP contribution in [0.4, 0.5) is 0 Å². The van der Waals surface area contributed by atoms with Crippen LogP contribution in [0.3, 0.4) is 0 Å². The molecule has 0 spiro atoms. The third-order valence-electron chi connectivity index (χ3n) is 6.91. The van der Waals surface area contributed by atoms with Crippen molar-refractivity contribution in [3.05, 3.63) is 101 Å². The molecule has 1 aromatic heterocycles. The summed E-state index contributed by atoms with van der Waals surface area (Å²) in [6.07, 6.45) is 4.49. The summed E-state index contributed by atoms with van der Waals surface area (Å²) in [5.74, 6) is 1.24. The van der Waals surface area contributed by atoms with Gasteiger partial charge in [0.1, 0.15) is 5.82 Å². The van der Waals surface area contributed by atoms with Gasteiger partial charge in [0.25, 0.3) is 0 Å². The number of benzene rings is 3. The highest BCUT2D eigenvalue weighted by molar-refractivity contribution is 5.79. The minimum Gasteiger partial charge on any atom is -0.356 e. The average Bonchev–Trinajstić information content (AvgIpc) is 3.19. The lowest BCUT2D eigenvalue weighted by Crippen LogP contribution is -2.26. The molecule has 4 nitrogen and oxygen atoms in total. The molecule has 0 aliphatic carbocycles. The van der Waals surface area contributed by atoms with Crippen LogP contribution in [-0.4, -0.2) is 22.0 Å². The van der Waals surface area contributed by atoms with Crippen molar-refractivity contribution in [2.75, 3.05) is 6.54 Å². The maximum Gasteiger partial charge on any atom is 0.224 e. The second-order valence-corrected chi connectivity index (χ2v) is 10.8. The van der Waals surface area contributed by atoms with Gasteiger partial charge in [-0.25, -0.2) is 4.98 Å². The van der Waals surface area contributed by atoms with Crippen molar-refractivity contribution in [3.63, 3.8) is 0 Å². The molecule has 0 saturated carbocycles. The van der Waals surface area contributed by atoms with Crippen molar-refractivity contribution >= 4 is 16.9 Å². The van der Waals surface area contributed by atoms with Gasteiger partial charge in [-0.2, -0.15) is 0 Å². The van der Waals surface area contributed by atoms with Crippen LogP contribution in [0.15, 0.2) is 72.8 Å². The number of aryl methyl sites for hydroxylation is 2. The van der Waals surface area contributed by atoms with Gasteiger partial charge < -0.3 is 9.88 Å². The van der Waals surface area contributed by atoms with Gasteiger partial charge in [0.2, 0.25) is 5.91 Å². The number of amides is 1. The van der Waals surface area contributed by atoms with E-state index in [9.17, 15) is 4.79 Å². The van der Waals surface area contributed by atoms with Crippen molar-refractivity contribution in [1.29, 1.82) is 0 Å². The van der Waals surface area contributed by atoms with Gasteiger partial charge in [-0.3, -0.25) is 4.79 Å². The number of fused-ring (bicyclic) bond motifs is 1. The number of para-hydroxylation sites is 2. The second-order valence-electron chi connectivity index (χ2n) is 10.8. The van der Waals surface area contributed by atoms with E-state index in [0.717, 1.165) is 55.7 Å². The van der Waals surface area contributed by atoms with Gasteiger partial charge >= 0.3 is 0 Å². The zero-order valence-corrected chi connectivity index (χ0v) is 22.2. The zero-order valence-electron chi connectivity index (χ0n) is 22.2. The van der Waals surface area contributed by atoms with E-state index in [-0.39, 0.29) is 11.3 Å². The van der Waals surface area contributed by atoms with Crippen LogP contribution in [0.5, 0.6) is 0 Å². The first-order valence-corrected chi connectivity index (χ1v) is 13.2. The number of aromatic nitrogens is 2. The maximum absolute atomic E-state index is 12.3. The molecule has 0 atom stereocenters. The summed E-state index contributed by atoms with van der Waals surface area (Å²) in [5.41, 5.74) is 7.32. The number of carbonyl (C=O) groups excluding carboxylic acids is 1. The van der Waals surface area contributed by atoms with Crippen LogP contribution in [0.2, 0.25) is 0 Å². The Bertz CT molecular complexity index is 1300. The number of imidazole rings is 1. The molecular formula is C32H39N3O. The van der Waals surface area contributed by atoms with E-state index >= 15 is 0 Å². The number of nitrogens with one attached hydrogen (secondary N) is 1. The minimum absolute atomic E-state index is 0.101. The Hall–Kier alpha value is -3.40. The Morgan fingerprint density at radius 2 is 1.61 bits per heavy atom. The number of hydrogen-bond donors (Lipinski definition) is 1. The molecule has 4 rings (SSSR count). The lowest BCUT2D eigenvalue weighted by Gasteiger charge is -2.19. The van der Waals surface area contributed by atoms with Crippen molar-refractivity contribution in [3.8, 4) is 0 Å². The van der Waals surface area contributed by atoms with Crippen LogP contribution < -0.4 is 5.32 Å². The van der Waals surface area contributed by atoms with Crippen molar-refractivity contribution in [1.82, 2.24) is 14.9 Å². The fraction of sp³-hybridized carbons (Fsp3) is 0.375. The predicted molar refractivity (Wildman–Crippen MR) is 149 cm³/mol. The molecule has 0 unspecified atom stereocenters. The summed E-state index contributed by atoms with van der Waals surface area (Å²) in [7, 11) is 0. The molecule has 0 aliphatic rings. The molecule has 0 aliphatic heterocycles. The lowest BCUT2D eigenvalue weighted by atomic mass is 9.87. The molecule has 0 bridgehead atoms. The molecule has 4 heteroatoms. The standard InChI is InChI=1S/C32H39N3O/c1-24-12-7-8-13-26(24)22-31(36)33-21-11-5-6-16-30-34-28-14-9-10-15-29(28)35(30)23-25-17-19-27(20-18-25)32(2,3)4/h7-10,12-15,17-20H,5-6,11,16,21-23H2,1-4H3,(H,33,36). The monoisotopic (exact) mass is 481 g/mol. The Morgan fingerprint density at radius 3 is 2.36 bits per heavy atom.